The molecule has 98 valence electrons. The molecule has 0 heterocycles. The number of nitrogens with two attached hydrogens (primary N) is 1. The van der Waals surface area contributed by atoms with Gasteiger partial charge in [-0.2, -0.15) is 0 Å². The number of anilines is 1. The molecule has 0 saturated heterocycles. The molecule has 0 unspecified atom stereocenters. The van der Waals surface area contributed by atoms with Crippen LogP contribution in [-0.2, 0) is 9.84 Å². The van der Waals surface area contributed by atoms with Gasteiger partial charge in [0.15, 0.2) is 14.9 Å². The van der Waals surface area contributed by atoms with Gasteiger partial charge in [0.1, 0.15) is 0 Å². The molecule has 1 aliphatic carbocycles. The molecule has 2 rings (SSSR count). The average molecular weight is 284 g/mol. The van der Waals surface area contributed by atoms with Gasteiger partial charge in [0.05, 0.1) is 10.1 Å². The van der Waals surface area contributed by atoms with E-state index in [1.807, 2.05) is 0 Å². The van der Waals surface area contributed by atoms with E-state index in [0.29, 0.717) is 10.6 Å². The van der Waals surface area contributed by atoms with Crippen LogP contribution in [0.15, 0.2) is 29.2 Å². The van der Waals surface area contributed by atoms with Crippen LogP contribution in [0.5, 0.6) is 0 Å². The van der Waals surface area contributed by atoms with Crippen LogP contribution >= 0.6 is 12.2 Å². The van der Waals surface area contributed by atoms with Crippen molar-refractivity contribution in [3.8, 4) is 0 Å². The van der Waals surface area contributed by atoms with E-state index in [1.165, 1.54) is 0 Å². The van der Waals surface area contributed by atoms with Gasteiger partial charge in [0, 0.05) is 5.69 Å². The normalized spacial score (nSPS) is 16.7. The van der Waals surface area contributed by atoms with Gasteiger partial charge in [-0.1, -0.05) is 18.9 Å². The maximum atomic E-state index is 12.4. The highest BCUT2D eigenvalue weighted by Crippen LogP contribution is 2.30. The molecule has 4 nitrogen and oxygen atoms in total. The monoisotopic (exact) mass is 284 g/mol. The third-order valence-electron chi connectivity index (χ3n) is 3.17. The van der Waals surface area contributed by atoms with E-state index in [9.17, 15) is 8.42 Å². The summed E-state index contributed by atoms with van der Waals surface area (Å²) in [6.45, 7) is 0. The van der Waals surface area contributed by atoms with Gasteiger partial charge < -0.3 is 11.1 Å². The van der Waals surface area contributed by atoms with Gasteiger partial charge in [-0.3, -0.25) is 0 Å². The molecule has 1 saturated carbocycles. The molecule has 0 aromatic heterocycles. The van der Waals surface area contributed by atoms with Gasteiger partial charge in [0.25, 0.3) is 0 Å². The van der Waals surface area contributed by atoms with Crippen LogP contribution in [0.3, 0.4) is 0 Å². The fourth-order valence-electron chi connectivity index (χ4n) is 2.28. The number of rotatable bonds is 3. The molecule has 0 radical (unpaired) electrons. The molecule has 6 heteroatoms. The van der Waals surface area contributed by atoms with Crippen molar-refractivity contribution >= 4 is 32.9 Å². The van der Waals surface area contributed by atoms with Gasteiger partial charge in [-0.15, -0.1) is 0 Å². The van der Waals surface area contributed by atoms with Crippen LogP contribution < -0.4 is 11.1 Å². The molecular weight excluding hydrogens is 268 g/mol. The zero-order chi connectivity index (χ0) is 13.2. The minimum absolute atomic E-state index is 0.130. The van der Waals surface area contributed by atoms with Gasteiger partial charge in [0.2, 0.25) is 0 Å². The lowest BCUT2D eigenvalue weighted by molar-refractivity contribution is 0.579. The first-order chi connectivity index (χ1) is 8.50. The first-order valence-corrected chi connectivity index (χ1v) is 7.86. The molecule has 0 bridgehead atoms. The first kappa shape index (κ1) is 13.3. The van der Waals surface area contributed by atoms with Crippen molar-refractivity contribution in [1.82, 2.24) is 0 Å². The minimum Gasteiger partial charge on any atom is -0.376 e. The summed E-state index contributed by atoms with van der Waals surface area (Å²) in [4.78, 5) is 0.343. The largest absolute Gasteiger partial charge is 0.376 e. The molecule has 3 N–H and O–H groups in total. The summed E-state index contributed by atoms with van der Waals surface area (Å²) in [5.41, 5.74) is 5.99. The van der Waals surface area contributed by atoms with E-state index in [0.717, 1.165) is 25.7 Å². The Morgan fingerprint density at radius 1 is 1.33 bits per heavy atom. The number of sulfone groups is 1. The Kier molecular flexibility index (Phi) is 3.87. The highest BCUT2D eigenvalue weighted by atomic mass is 32.2. The van der Waals surface area contributed by atoms with Crippen LogP contribution in [0, 0.1) is 0 Å². The molecule has 0 amide bonds. The predicted molar refractivity (Wildman–Crippen MR) is 76.3 cm³/mol. The van der Waals surface area contributed by atoms with E-state index in [-0.39, 0.29) is 10.4 Å². The molecule has 0 spiro atoms. The Bertz CT molecular complexity index is 549. The predicted octanol–water partition coefficient (Wildman–Crippen LogP) is 2.06. The fraction of sp³-hybridized carbons (Fsp3) is 0.417. The van der Waals surface area contributed by atoms with E-state index < -0.39 is 9.84 Å². The Morgan fingerprint density at radius 3 is 2.61 bits per heavy atom. The molecule has 1 aromatic carbocycles. The van der Waals surface area contributed by atoms with Crippen molar-refractivity contribution in [2.24, 2.45) is 5.73 Å². The van der Waals surface area contributed by atoms with Crippen LogP contribution in [0.25, 0.3) is 0 Å². The van der Waals surface area contributed by atoms with Gasteiger partial charge >= 0.3 is 0 Å². The lowest BCUT2D eigenvalue weighted by atomic mass is 10.3. The number of hydrogen-bond donors (Lipinski definition) is 2. The van der Waals surface area contributed by atoms with E-state index in [2.05, 4.69) is 5.32 Å². The number of benzene rings is 1. The Hall–Kier alpha value is -1.14. The average Bonchev–Trinajstić information content (AvgIpc) is 2.82. The summed E-state index contributed by atoms with van der Waals surface area (Å²) < 4.78 is 24.8. The van der Waals surface area contributed by atoms with Crippen molar-refractivity contribution in [3.05, 3.63) is 24.3 Å². The SMILES string of the molecule is NC(=S)Nc1cccc(S(=O)(=O)C2CCCC2)c1. The third-order valence-corrected chi connectivity index (χ3v) is 5.53. The standard InChI is InChI=1S/C12H16N2O2S2/c13-12(17)14-9-4-3-7-11(8-9)18(15,16)10-5-1-2-6-10/h3-4,7-8,10H,1-2,5-6H2,(H3,13,14,17). The molecule has 18 heavy (non-hydrogen) atoms. The number of hydrogen-bond acceptors (Lipinski definition) is 3. The van der Waals surface area contributed by atoms with Gasteiger partial charge in [-0.25, -0.2) is 8.42 Å². The van der Waals surface area contributed by atoms with Gasteiger partial charge in [-0.05, 0) is 43.3 Å². The van der Waals surface area contributed by atoms with Crippen molar-refractivity contribution in [2.75, 3.05) is 5.32 Å². The zero-order valence-electron chi connectivity index (χ0n) is 9.93. The fourth-order valence-corrected chi connectivity index (χ4v) is 4.30. The van der Waals surface area contributed by atoms with Crippen LogP contribution in [0.4, 0.5) is 5.69 Å². The Labute approximate surface area is 112 Å². The molecule has 0 aliphatic heterocycles. The third kappa shape index (κ3) is 2.81. The highest BCUT2D eigenvalue weighted by Gasteiger charge is 2.30. The van der Waals surface area contributed by atoms with E-state index >= 15 is 0 Å². The summed E-state index contributed by atoms with van der Waals surface area (Å²) in [5.74, 6) is 0. The summed E-state index contributed by atoms with van der Waals surface area (Å²) >= 11 is 4.74. The number of thiocarbonyl (C=S) groups is 1. The second-order valence-corrected chi connectivity index (χ2v) is 7.14. The minimum atomic E-state index is -3.22. The smallest absolute Gasteiger partial charge is 0.181 e. The topological polar surface area (TPSA) is 72.2 Å². The summed E-state index contributed by atoms with van der Waals surface area (Å²) in [6.07, 6.45) is 3.51. The molecular formula is C12H16N2O2S2. The van der Waals surface area contributed by atoms with Crippen molar-refractivity contribution in [2.45, 2.75) is 35.8 Å². The maximum absolute atomic E-state index is 12.4. The highest BCUT2D eigenvalue weighted by molar-refractivity contribution is 7.92. The summed E-state index contributed by atoms with van der Waals surface area (Å²) in [5, 5.41) is 2.64. The maximum Gasteiger partial charge on any atom is 0.181 e. The lowest BCUT2D eigenvalue weighted by Crippen LogP contribution is -2.20. The zero-order valence-corrected chi connectivity index (χ0v) is 11.6. The molecule has 1 aliphatic rings. The molecule has 1 fully saturated rings. The number of nitrogens with one attached hydrogen (secondary N) is 1. The summed E-state index contributed by atoms with van der Waals surface area (Å²) in [7, 11) is -3.22. The van der Waals surface area contributed by atoms with E-state index in [1.54, 1.807) is 24.3 Å². The Balaban J connectivity index is 2.29. The molecule has 0 atom stereocenters. The lowest BCUT2D eigenvalue weighted by Gasteiger charge is -2.12. The van der Waals surface area contributed by atoms with Crippen molar-refractivity contribution in [1.29, 1.82) is 0 Å². The van der Waals surface area contributed by atoms with Crippen LogP contribution in [0.2, 0.25) is 0 Å². The first-order valence-electron chi connectivity index (χ1n) is 5.90. The van der Waals surface area contributed by atoms with Crippen molar-refractivity contribution < 1.29 is 8.42 Å². The molecule has 1 aromatic rings. The summed E-state index contributed by atoms with van der Waals surface area (Å²) in [6, 6.07) is 6.65. The van der Waals surface area contributed by atoms with Crippen LogP contribution in [0.1, 0.15) is 25.7 Å². The second kappa shape index (κ2) is 5.24. The quantitative estimate of drug-likeness (QED) is 0.831. The van der Waals surface area contributed by atoms with E-state index in [4.69, 9.17) is 18.0 Å². The second-order valence-electron chi connectivity index (χ2n) is 4.47. The van der Waals surface area contributed by atoms with Crippen molar-refractivity contribution in [3.63, 3.8) is 0 Å². The van der Waals surface area contributed by atoms with Crippen LogP contribution in [-0.4, -0.2) is 18.8 Å². The Morgan fingerprint density at radius 2 is 2.00 bits per heavy atom.